The molecule has 3 aromatic rings. The number of aromatic nitrogens is 3. The highest BCUT2D eigenvalue weighted by Crippen LogP contribution is 2.38. The zero-order valence-electron chi connectivity index (χ0n) is 24.1. The van der Waals surface area contributed by atoms with Crippen molar-refractivity contribution >= 4 is 40.8 Å². The van der Waals surface area contributed by atoms with E-state index in [0.29, 0.717) is 48.6 Å². The Morgan fingerprint density at radius 2 is 1.62 bits per heavy atom. The highest BCUT2D eigenvalue weighted by Gasteiger charge is 2.44. The maximum Gasteiger partial charge on any atom is 0.266 e. The number of hydrogen-bond donors (Lipinski definition) is 0. The normalized spacial score (nSPS) is 21.4. The van der Waals surface area contributed by atoms with Gasteiger partial charge in [-0.2, -0.15) is 5.10 Å². The summed E-state index contributed by atoms with van der Waals surface area (Å²) in [6, 6.07) is 14.1. The Bertz CT molecular complexity index is 1480. The lowest BCUT2D eigenvalue weighted by atomic mass is 9.89. The Labute approximate surface area is 256 Å². The summed E-state index contributed by atoms with van der Waals surface area (Å²) in [5.74, 6) is -0.0820. The van der Waals surface area contributed by atoms with Crippen molar-refractivity contribution in [3.8, 4) is 0 Å². The first-order valence-corrected chi connectivity index (χ1v) is 15.1. The molecule has 2 aromatic heterocycles. The number of anilines is 1. The quantitative estimate of drug-likeness (QED) is 0.421. The van der Waals surface area contributed by atoms with Crippen molar-refractivity contribution in [2.75, 3.05) is 37.6 Å². The number of aryl methyl sites for hydroxylation is 1. The van der Waals surface area contributed by atoms with Crippen LogP contribution in [0.15, 0.2) is 59.5 Å². The van der Waals surface area contributed by atoms with Crippen LogP contribution in [0.4, 0.5) is 5.82 Å². The second-order valence-corrected chi connectivity index (χ2v) is 12.3. The Balaban J connectivity index is 1.53. The van der Waals surface area contributed by atoms with Gasteiger partial charge in [0.15, 0.2) is 0 Å². The largest absolute Gasteiger partial charge is 0.354 e. The molecule has 0 N–H and O–H groups in total. The maximum atomic E-state index is 14.7. The third kappa shape index (κ3) is 6.47. The fourth-order valence-corrected chi connectivity index (χ4v) is 6.20. The molecule has 4 heterocycles. The van der Waals surface area contributed by atoms with Gasteiger partial charge in [0.05, 0.1) is 17.0 Å². The van der Waals surface area contributed by atoms with Gasteiger partial charge in [0.25, 0.3) is 5.56 Å². The average Bonchev–Trinajstić information content (AvgIpc) is 3.40. The summed E-state index contributed by atoms with van der Waals surface area (Å²) < 4.78 is 1.30. The summed E-state index contributed by atoms with van der Waals surface area (Å²) in [7, 11) is 1.61. The Morgan fingerprint density at radius 1 is 0.905 bits per heavy atom. The van der Waals surface area contributed by atoms with Crippen LogP contribution in [-0.2, 0) is 16.6 Å². The van der Waals surface area contributed by atoms with Crippen LogP contribution in [-0.4, -0.2) is 69.1 Å². The highest BCUT2D eigenvalue weighted by molar-refractivity contribution is 6.30. The van der Waals surface area contributed by atoms with E-state index in [4.69, 9.17) is 23.2 Å². The second-order valence-electron chi connectivity index (χ2n) is 11.4. The van der Waals surface area contributed by atoms with Gasteiger partial charge in [0.2, 0.25) is 11.8 Å². The molecule has 0 bridgehead atoms. The Kier molecular flexibility index (Phi) is 9.18. The molecule has 9 nitrogen and oxygen atoms in total. The van der Waals surface area contributed by atoms with E-state index >= 15 is 0 Å². The van der Waals surface area contributed by atoms with Gasteiger partial charge in [-0.05, 0) is 48.7 Å². The summed E-state index contributed by atoms with van der Waals surface area (Å²) in [6.45, 7) is 6.39. The van der Waals surface area contributed by atoms with Gasteiger partial charge in [0, 0.05) is 74.6 Å². The van der Waals surface area contributed by atoms with Gasteiger partial charge in [-0.3, -0.25) is 19.4 Å². The van der Waals surface area contributed by atoms with Crippen molar-refractivity contribution in [1.29, 1.82) is 0 Å². The van der Waals surface area contributed by atoms with Gasteiger partial charge >= 0.3 is 0 Å². The molecule has 5 rings (SSSR count). The van der Waals surface area contributed by atoms with Crippen LogP contribution in [0.5, 0.6) is 0 Å². The zero-order valence-corrected chi connectivity index (χ0v) is 25.6. The third-order valence-electron chi connectivity index (χ3n) is 8.23. The number of benzene rings is 1. The van der Waals surface area contributed by atoms with Gasteiger partial charge in [-0.1, -0.05) is 49.2 Å². The molecule has 0 spiro atoms. The van der Waals surface area contributed by atoms with Crippen LogP contribution >= 0.6 is 23.2 Å². The van der Waals surface area contributed by atoms with Crippen molar-refractivity contribution in [3.63, 3.8) is 0 Å². The number of carbonyl (C=O) groups is 2. The second kappa shape index (κ2) is 12.8. The minimum Gasteiger partial charge on any atom is -0.354 e. The monoisotopic (exact) mass is 610 g/mol. The average molecular weight is 612 g/mol. The number of nitrogens with zero attached hydrogens (tertiary/aromatic N) is 6. The summed E-state index contributed by atoms with van der Waals surface area (Å²) >= 11 is 12.4. The number of halogens is 2. The van der Waals surface area contributed by atoms with Crippen LogP contribution < -0.4 is 10.5 Å². The standard InChI is InChI=1S/C31H36Cl2N6O3/c1-20(2)30(41)37-14-4-5-15-39(27(19-37)21-6-8-22(32)9-7-21)31(42)25-18-38(28-12-13-29(40)36(3)35-28)17-24(25)26-11-10-23(33)16-34-26/h6-13,16,20,24-25,27H,4-5,14-15,17-19H2,1-3H3/t24-,25-,27?/m1/s1. The molecule has 3 atom stereocenters. The first kappa shape index (κ1) is 30.0. The Morgan fingerprint density at radius 3 is 2.29 bits per heavy atom. The number of carbonyl (C=O) groups excluding carboxylic acids is 2. The predicted molar refractivity (Wildman–Crippen MR) is 164 cm³/mol. The van der Waals surface area contributed by atoms with Crippen LogP contribution in [0.3, 0.4) is 0 Å². The van der Waals surface area contributed by atoms with Gasteiger partial charge in [0.1, 0.15) is 5.82 Å². The minimum atomic E-state index is -0.429. The summed E-state index contributed by atoms with van der Waals surface area (Å²) in [6.07, 6.45) is 3.20. The van der Waals surface area contributed by atoms with Crippen molar-refractivity contribution < 1.29 is 9.59 Å². The van der Waals surface area contributed by atoms with E-state index in [2.05, 4.69) is 10.1 Å². The van der Waals surface area contributed by atoms with Crippen LogP contribution in [0.1, 0.15) is 49.9 Å². The fraction of sp³-hybridized carbons (Fsp3) is 0.452. The zero-order chi connectivity index (χ0) is 30.0. The summed E-state index contributed by atoms with van der Waals surface area (Å²) in [4.78, 5) is 50.4. The van der Waals surface area contributed by atoms with Crippen molar-refractivity contribution in [2.24, 2.45) is 18.9 Å². The third-order valence-corrected chi connectivity index (χ3v) is 8.70. The fourth-order valence-electron chi connectivity index (χ4n) is 5.96. The molecule has 11 heteroatoms. The van der Waals surface area contributed by atoms with Gasteiger partial charge < -0.3 is 14.7 Å². The minimum absolute atomic E-state index is 0.00265. The van der Waals surface area contributed by atoms with E-state index in [1.54, 1.807) is 25.4 Å². The SMILES string of the molecule is CC(C)C(=O)N1CCCCN(C(=O)[C@@H]2CN(c3ccc(=O)n(C)n3)C[C@H]2c2ccc(Cl)cn2)C(c2ccc(Cl)cc2)C1. The van der Waals surface area contributed by atoms with Gasteiger partial charge in [-0.25, -0.2) is 4.68 Å². The lowest BCUT2D eigenvalue weighted by molar-refractivity contribution is -0.143. The number of amides is 2. The van der Waals surface area contributed by atoms with E-state index in [9.17, 15) is 14.4 Å². The molecule has 2 amide bonds. The van der Waals surface area contributed by atoms with E-state index in [1.807, 2.05) is 58.9 Å². The van der Waals surface area contributed by atoms with E-state index in [-0.39, 0.29) is 35.3 Å². The first-order chi connectivity index (χ1) is 20.1. The van der Waals surface area contributed by atoms with E-state index < -0.39 is 5.92 Å². The van der Waals surface area contributed by atoms with Crippen LogP contribution in [0.2, 0.25) is 10.0 Å². The van der Waals surface area contributed by atoms with Crippen molar-refractivity contribution in [3.05, 3.63) is 86.4 Å². The maximum absolute atomic E-state index is 14.7. The molecule has 222 valence electrons. The molecular formula is C31H36Cl2N6O3. The first-order valence-electron chi connectivity index (χ1n) is 14.4. The molecule has 0 aliphatic carbocycles. The lowest BCUT2D eigenvalue weighted by Gasteiger charge is -2.40. The van der Waals surface area contributed by atoms with Crippen molar-refractivity contribution in [2.45, 2.75) is 38.6 Å². The van der Waals surface area contributed by atoms with Crippen molar-refractivity contribution in [1.82, 2.24) is 24.6 Å². The van der Waals surface area contributed by atoms with Crippen LogP contribution in [0.25, 0.3) is 0 Å². The number of hydrogen-bond acceptors (Lipinski definition) is 6. The van der Waals surface area contributed by atoms with E-state index in [0.717, 1.165) is 24.1 Å². The number of pyridine rings is 1. The van der Waals surface area contributed by atoms with E-state index in [1.165, 1.54) is 10.7 Å². The summed E-state index contributed by atoms with van der Waals surface area (Å²) in [5.41, 5.74) is 1.51. The molecule has 2 aliphatic heterocycles. The lowest BCUT2D eigenvalue weighted by Crippen LogP contribution is -2.49. The Hall–Kier alpha value is -3.43. The molecule has 2 fully saturated rings. The molecule has 0 radical (unpaired) electrons. The predicted octanol–water partition coefficient (Wildman–Crippen LogP) is 4.55. The summed E-state index contributed by atoms with van der Waals surface area (Å²) in [5, 5.41) is 5.59. The molecule has 2 aliphatic rings. The molecule has 1 aromatic carbocycles. The molecule has 2 saturated heterocycles. The van der Waals surface area contributed by atoms with Crippen LogP contribution in [0, 0.1) is 11.8 Å². The highest BCUT2D eigenvalue weighted by atomic mass is 35.5. The molecule has 1 unspecified atom stereocenters. The topological polar surface area (TPSA) is 91.6 Å². The van der Waals surface area contributed by atoms with Gasteiger partial charge in [-0.15, -0.1) is 0 Å². The molecular weight excluding hydrogens is 575 g/mol. The number of rotatable bonds is 5. The molecule has 42 heavy (non-hydrogen) atoms. The molecule has 0 saturated carbocycles. The smallest absolute Gasteiger partial charge is 0.266 e.